The van der Waals surface area contributed by atoms with Crippen LogP contribution in [0.2, 0.25) is 0 Å². The number of benzene rings is 2. The average Bonchev–Trinajstić information content (AvgIpc) is 2.55. The molecule has 0 spiro atoms. The number of hydrogen-bond acceptors (Lipinski definition) is 4. The van der Waals surface area contributed by atoms with Gasteiger partial charge in [0.25, 0.3) is 5.91 Å². The van der Waals surface area contributed by atoms with Gasteiger partial charge in [-0.05, 0) is 58.7 Å². The third kappa shape index (κ3) is 4.55. The number of halogens is 2. The maximum Gasteiger partial charge on any atom is 0.339 e. The van der Waals surface area contributed by atoms with Crippen molar-refractivity contribution in [1.82, 2.24) is 0 Å². The monoisotopic (exact) mass is 395 g/mol. The van der Waals surface area contributed by atoms with Gasteiger partial charge in [0.1, 0.15) is 11.6 Å². The van der Waals surface area contributed by atoms with Crippen molar-refractivity contribution >= 4 is 33.5 Å². The van der Waals surface area contributed by atoms with Crippen molar-refractivity contribution in [3.63, 3.8) is 0 Å². The molecule has 0 saturated heterocycles. The molecule has 0 aliphatic rings. The molecule has 126 valence electrons. The SMILES string of the molecule is COc1ccc(C)cc1NC(=O)COC(=O)c1cc(F)ccc1Br. The fourth-order valence-electron chi connectivity index (χ4n) is 1.97. The normalized spacial score (nSPS) is 10.2. The summed E-state index contributed by atoms with van der Waals surface area (Å²) in [7, 11) is 1.49. The minimum atomic E-state index is -0.798. The first kappa shape index (κ1) is 17.9. The van der Waals surface area contributed by atoms with Gasteiger partial charge in [-0.3, -0.25) is 4.79 Å². The second kappa shape index (κ2) is 7.92. The lowest BCUT2D eigenvalue weighted by molar-refractivity contribution is -0.119. The summed E-state index contributed by atoms with van der Waals surface area (Å²) in [4.78, 5) is 23.9. The Hall–Kier alpha value is -2.41. The van der Waals surface area contributed by atoms with Crippen LogP contribution in [-0.2, 0) is 9.53 Å². The molecule has 0 saturated carbocycles. The lowest BCUT2D eigenvalue weighted by atomic mass is 10.2. The molecule has 0 bridgehead atoms. The molecule has 24 heavy (non-hydrogen) atoms. The van der Waals surface area contributed by atoms with Gasteiger partial charge in [0.05, 0.1) is 18.4 Å². The number of anilines is 1. The van der Waals surface area contributed by atoms with E-state index in [1.807, 2.05) is 13.0 Å². The molecule has 2 aromatic rings. The maximum atomic E-state index is 13.2. The number of carbonyl (C=O) groups is 2. The van der Waals surface area contributed by atoms with E-state index in [0.29, 0.717) is 15.9 Å². The van der Waals surface area contributed by atoms with Crippen LogP contribution in [0.15, 0.2) is 40.9 Å². The number of hydrogen-bond donors (Lipinski definition) is 1. The van der Waals surface area contributed by atoms with E-state index in [4.69, 9.17) is 9.47 Å². The minimum absolute atomic E-state index is 0.0101. The van der Waals surface area contributed by atoms with E-state index >= 15 is 0 Å². The van der Waals surface area contributed by atoms with Gasteiger partial charge in [0, 0.05) is 4.47 Å². The molecule has 1 N–H and O–H groups in total. The zero-order valence-electron chi connectivity index (χ0n) is 13.1. The highest BCUT2D eigenvalue weighted by atomic mass is 79.9. The van der Waals surface area contributed by atoms with Crippen molar-refractivity contribution in [3.05, 3.63) is 57.8 Å². The van der Waals surface area contributed by atoms with Crippen molar-refractivity contribution in [3.8, 4) is 5.75 Å². The lowest BCUT2D eigenvalue weighted by Crippen LogP contribution is -2.21. The molecule has 0 aromatic heterocycles. The highest BCUT2D eigenvalue weighted by Crippen LogP contribution is 2.25. The molecular weight excluding hydrogens is 381 g/mol. The van der Waals surface area contributed by atoms with E-state index in [9.17, 15) is 14.0 Å². The third-order valence-corrected chi connectivity index (χ3v) is 3.80. The number of amides is 1. The Labute approximate surface area is 146 Å². The minimum Gasteiger partial charge on any atom is -0.495 e. The fourth-order valence-corrected chi connectivity index (χ4v) is 2.38. The van der Waals surface area contributed by atoms with Crippen molar-refractivity contribution < 1.29 is 23.5 Å². The standard InChI is InChI=1S/C17H15BrFNO4/c1-10-3-6-15(23-2)14(7-10)20-16(21)9-24-17(22)12-8-11(19)4-5-13(12)18/h3-8H,9H2,1-2H3,(H,20,21). The summed E-state index contributed by atoms with van der Waals surface area (Å²) in [6.45, 7) is 1.37. The van der Waals surface area contributed by atoms with Crippen molar-refractivity contribution in [2.24, 2.45) is 0 Å². The zero-order valence-corrected chi connectivity index (χ0v) is 14.6. The number of aryl methyl sites for hydroxylation is 1. The Bertz CT molecular complexity index is 779. The number of carbonyl (C=O) groups excluding carboxylic acids is 2. The van der Waals surface area contributed by atoms with E-state index in [2.05, 4.69) is 21.2 Å². The quantitative estimate of drug-likeness (QED) is 0.783. The van der Waals surface area contributed by atoms with Gasteiger partial charge in [0.2, 0.25) is 0 Å². The second-order valence-electron chi connectivity index (χ2n) is 4.95. The Morgan fingerprint density at radius 1 is 1.21 bits per heavy atom. The van der Waals surface area contributed by atoms with E-state index in [1.54, 1.807) is 12.1 Å². The molecule has 0 fully saturated rings. The van der Waals surface area contributed by atoms with E-state index in [1.165, 1.54) is 19.2 Å². The van der Waals surface area contributed by atoms with E-state index in [0.717, 1.165) is 11.6 Å². The fraction of sp³-hybridized carbons (Fsp3) is 0.176. The van der Waals surface area contributed by atoms with Crippen LogP contribution < -0.4 is 10.1 Å². The predicted molar refractivity (Wildman–Crippen MR) is 90.7 cm³/mol. The summed E-state index contributed by atoms with van der Waals surface area (Å²) in [5, 5.41) is 2.61. The van der Waals surface area contributed by atoms with Gasteiger partial charge in [-0.2, -0.15) is 0 Å². The molecule has 7 heteroatoms. The maximum absolute atomic E-state index is 13.2. The van der Waals surface area contributed by atoms with Gasteiger partial charge < -0.3 is 14.8 Å². The number of esters is 1. The number of rotatable bonds is 5. The Balaban J connectivity index is 2.00. The van der Waals surface area contributed by atoms with Crippen LogP contribution in [0.4, 0.5) is 10.1 Å². The highest BCUT2D eigenvalue weighted by Gasteiger charge is 2.15. The van der Waals surface area contributed by atoms with Gasteiger partial charge in [-0.25, -0.2) is 9.18 Å². The van der Waals surface area contributed by atoms with Crippen LogP contribution in [0.5, 0.6) is 5.75 Å². The summed E-state index contributed by atoms with van der Waals surface area (Å²) in [5.41, 5.74) is 1.42. The summed E-state index contributed by atoms with van der Waals surface area (Å²) in [6, 6.07) is 8.94. The molecule has 0 radical (unpaired) electrons. The number of nitrogens with one attached hydrogen (secondary N) is 1. The molecule has 0 unspecified atom stereocenters. The van der Waals surface area contributed by atoms with Crippen molar-refractivity contribution in [2.75, 3.05) is 19.0 Å². The molecule has 0 heterocycles. The molecule has 0 atom stereocenters. The van der Waals surface area contributed by atoms with Gasteiger partial charge >= 0.3 is 5.97 Å². The zero-order chi connectivity index (χ0) is 17.7. The van der Waals surface area contributed by atoms with Crippen molar-refractivity contribution in [1.29, 1.82) is 0 Å². The average molecular weight is 396 g/mol. The first-order valence-electron chi connectivity index (χ1n) is 6.97. The van der Waals surface area contributed by atoms with Crippen LogP contribution in [0, 0.1) is 12.7 Å². The third-order valence-electron chi connectivity index (χ3n) is 3.11. The topological polar surface area (TPSA) is 64.6 Å². The van der Waals surface area contributed by atoms with Crippen LogP contribution in [-0.4, -0.2) is 25.6 Å². The first-order chi connectivity index (χ1) is 11.4. The molecule has 5 nitrogen and oxygen atoms in total. The molecule has 2 aromatic carbocycles. The Morgan fingerprint density at radius 2 is 1.96 bits per heavy atom. The summed E-state index contributed by atoms with van der Waals surface area (Å²) in [5.74, 6) is -1.40. The predicted octanol–water partition coefficient (Wildman–Crippen LogP) is 3.70. The molecule has 0 aliphatic heterocycles. The summed E-state index contributed by atoms with van der Waals surface area (Å²) in [6.07, 6.45) is 0. The van der Waals surface area contributed by atoms with Gasteiger partial charge in [-0.1, -0.05) is 6.07 Å². The summed E-state index contributed by atoms with van der Waals surface area (Å²) >= 11 is 3.13. The van der Waals surface area contributed by atoms with E-state index < -0.39 is 24.3 Å². The van der Waals surface area contributed by atoms with Crippen LogP contribution in [0.1, 0.15) is 15.9 Å². The van der Waals surface area contributed by atoms with Gasteiger partial charge in [0.15, 0.2) is 6.61 Å². The van der Waals surface area contributed by atoms with Crippen LogP contribution >= 0.6 is 15.9 Å². The summed E-state index contributed by atoms with van der Waals surface area (Å²) < 4.78 is 23.6. The molecular formula is C17H15BrFNO4. The smallest absolute Gasteiger partial charge is 0.339 e. The van der Waals surface area contributed by atoms with Crippen LogP contribution in [0.25, 0.3) is 0 Å². The molecule has 2 rings (SSSR count). The molecule has 0 aliphatic carbocycles. The van der Waals surface area contributed by atoms with Crippen molar-refractivity contribution in [2.45, 2.75) is 6.92 Å². The number of ether oxygens (including phenoxy) is 2. The lowest BCUT2D eigenvalue weighted by Gasteiger charge is -2.11. The Kier molecular flexibility index (Phi) is 5.92. The molecule has 1 amide bonds. The largest absolute Gasteiger partial charge is 0.495 e. The second-order valence-corrected chi connectivity index (χ2v) is 5.81. The Morgan fingerprint density at radius 3 is 2.67 bits per heavy atom. The first-order valence-corrected chi connectivity index (χ1v) is 7.76. The van der Waals surface area contributed by atoms with E-state index in [-0.39, 0.29) is 5.56 Å². The van der Waals surface area contributed by atoms with Crippen LogP contribution in [0.3, 0.4) is 0 Å². The number of methoxy groups -OCH3 is 1. The highest BCUT2D eigenvalue weighted by molar-refractivity contribution is 9.10. The van der Waals surface area contributed by atoms with Gasteiger partial charge in [-0.15, -0.1) is 0 Å².